The van der Waals surface area contributed by atoms with Crippen LogP contribution in [0.1, 0.15) is 51.2 Å². The van der Waals surface area contributed by atoms with Crippen molar-refractivity contribution >= 4 is 35.2 Å². The van der Waals surface area contributed by atoms with Crippen molar-refractivity contribution in [2.24, 2.45) is 0 Å². The van der Waals surface area contributed by atoms with Crippen LogP contribution < -0.4 is 5.32 Å². The van der Waals surface area contributed by atoms with Gasteiger partial charge in [-0.3, -0.25) is 9.59 Å². The Kier molecular flexibility index (Phi) is 10.4. The van der Waals surface area contributed by atoms with Gasteiger partial charge in [0.2, 0.25) is 11.8 Å². The number of thioether (sulfide) groups is 1. The fraction of sp³-hybridized carbons (Fsp3) is 0.440. The summed E-state index contributed by atoms with van der Waals surface area (Å²) in [5.74, 6) is 0.734. The summed E-state index contributed by atoms with van der Waals surface area (Å²) in [5.41, 5.74) is 2.18. The normalized spacial score (nSPS) is 12.8. The van der Waals surface area contributed by atoms with Crippen molar-refractivity contribution in [1.82, 2.24) is 10.2 Å². The van der Waals surface area contributed by atoms with E-state index >= 15 is 0 Å². The highest BCUT2D eigenvalue weighted by Crippen LogP contribution is 2.22. The number of carbonyl (C=O) groups excluding carboxylic acids is 2. The van der Waals surface area contributed by atoms with Gasteiger partial charge < -0.3 is 10.2 Å². The Morgan fingerprint density at radius 1 is 1.10 bits per heavy atom. The summed E-state index contributed by atoms with van der Waals surface area (Å²) in [6.45, 7) is 8.29. The molecule has 2 aromatic rings. The standard InChI is InChI=1S/C25H33ClN2O2S/c1-5-19(3)27-25(30)20(4)28(17-21-10-7-6-9-18(21)2)24(29)11-8-16-31-23-14-12-22(26)13-15-23/h6-7,9-10,12-15,19-20H,5,8,11,16-17H2,1-4H3,(H,27,30)/t19-,20-/m0/s1. The molecule has 2 amide bonds. The molecule has 0 saturated carbocycles. The molecule has 0 unspecified atom stereocenters. The number of nitrogens with zero attached hydrogens (tertiary/aromatic N) is 1. The molecule has 0 spiro atoms. The van der Waals surface area contributed by atoms with E-state index in [1.165, 1.54) is 0 Å². The molecule has 0 aliphatic rings. The first-order valence-electron chi connectivity index (χ1n) is 10.8. The van der Waals surface area contributed by atoms with Crippen molar-refractivity contribution in [3.63, 3.8) is 0 Å². The average molecular weight is 461 g/mol. The topological polar surface area (TPSA) is 49.4 Å². The number of hydrogen-bond acceptors (Lipinski definition) is 3. The molecule has 4 nitrogen and oxygen atoms in total. The Morgan fingerprint density at radius 3 is 2.42 bits per heavy atom. The fourth-order valence-corrected chi connectivity index (χ4v) is 4.09. The highest BCUT2D eigenvalue weighted by Gasteiger charge is 2.26. The molecule has 31 heavy (non-hydrogen) atoms. The average Bonchev–Trinajstić information content (AvgIpc) is 2.76. The van der Waals surface area contributed by atoms with Gasteiger partial charge in [-0.1, -0.05) is 42.8 Å². The third kappa shape index (κ3) is 8.23. The van der Waals surface area contributed by atoms with Crippen molar-refractivity contribution in [2.45, 2.75) is 70.5 Å². The Morgan fingerprint density at radius 2 is 1.77 bits per heavy atom. The van der Waals surface area contributed by atoms with Crippen LogP contribution in [0, 0.1) is 6.92 Å². The number of halogens is 1. The van der Waals surface area contributed by atoms with Crippen LogP contribution >= 0.6 is 23.4 Å². The first-order valence-corrected chi connectivity index (χ1v) is 12.2. The van der Waals surface area contributed by atoms with Gasteiger partial charge in [-0.15, -0.1) is 11.8 Å². The van der Waals surface area contributed by atoms with Crippen LogP contribution in [-0.2, 0) is 16.1 Å². The second kappa shape index (κ2) is 12.8. The number of rotatable bonds is 11. The fourth-order valence-electron chi connectivity index (χ4n) is 3.11. The quantitative estimate of drug-likeness (QED) is 0.338. The molecule has 168 valence electrons. The maximum Gasteiger partial charge on any atom is 0.242 e. The minimum atomic E-state index is -0.523. The van der Waals surface area contributed by atoms with E-state index in [1.54, 1.807) is 16.7 Å². The van der Waals surface area contributed by atoms with E-state index in [0.717, 1.165) is 39.6 Å². The van der Waals surface area contributed by atoms with E-state index in [0.29, 0.717) is 13.0 Å². The first kappa shape index (κ1) is 25.3. The molecular formula is C25H33ClN2O2S. The van der Waals surface area contributed by atoms with Gasteiger partial charge in [-0.05, 0) is 74.8 Å². The van der Waals surface area contributed by atoms with E-state index in [1.807, 2.05) is 76.2 Å². The van der Waals surface area contributed by atoms with E-state index in [9.17, 15) is 9.59 Å². The molecule has 2 aromatic carbocycles. The lowest BCUT2D eigenvalue weighted by Crippen LogP contribution is -2.49. The molecule has 0 aliphatic heterocycles. The highest BCUT2D eigenvalue weighted by molar-refractivity contribution is 7.99. The Balaban J connectivity index is 2.01. The predicted molar refractivity (Wildman–Crippen MR) is 130 cm³/mol. The molecule has 0 radical (unpaired) electrons. The summed E-state index contributed by atoms with van der Waals surface area (Å²) < 4.78 is 0. The SMILES string of the molecule is CC[C@H](C)NC(=O)[C@H](C)N(Cc1ccccc1C)C(=O)CCCSc1ccc(Cl)cc1. The lowest BCUT2D eigenvalue weighted by atomic mass is 10.1. The smallest absolute Gasteiger partial charge is 0.242 e. The van der Waals surface area contributed by atoms with Gasteiger partial charge >= 0.3 is 0 Å². The van der Waals surface area contributed by atoms with Crippen molar-refractivity contribution in [2.75, 3.05) is 5.75 Å². The first-order chi connectivity index (χ1) is 14.8. The largest absolute Gasteiger partial charge is 0.352 e. The number of hydrogen-bond donors (Lipinski definition) is 1. The monoisotopic (exact) mass is 460 g/mol. The van der Waals surface area contributed by atoms with E-state index < -0.39 is 6.04 Å². The van der Waals surface area contributed by atoms with Gasteiger partial charge in [0.25, 0.3) is 0 Å². The Bertz CT molecular complexity index is 857. The van der Waals surface area contributed by atoms with Crippen LogP contribution in [0.25, 0.3) is 0 Å². The maximum atomic E-state index is 13.1. The van der Waals surface area contributed by atoms with Crippen LogP contribution in [-0.4, -0.2) is 34.6 Å². The number of benzene rings is 2. The summed E-state index contributed by atoms with van der Waals surface area (Å²) in [4.78, 5) is 28.7. The minimum Gasteiger partial charge on any atom is -0.352 e. The van der Waals surface area contributed by atoms with Crippen LogP contribution in [0.5, 0.6) is 0 Å². The van der Waals surface area contributed by atoms with Gasteiger partial charge in [0.15, 0.2) is 0 Å². The third-order valence-electron chi connectivity index (χ3n) is 5.39. The molecule has 2 rings (SSSR count). The lowest BCUT2D eigenvalue weighted by Gasteiger charge is -2.30. The zero-order valence-electron chi connectivity index (χ0n) is 18.9. The van der Waals surface area contributed by atoms with Crippen molar-refractivity contribution in [3.8, 4) is 0 Å². The molecule has 0 aromatic heterocycles. The second-order valence-corrected chi connectivity index (χ2v) is 9.45. The zero-order valence-corrected chi connectivity index (χ0v) is 20.4. The minimum absolute atomic E-state index is 0.00626. The molecule has 0 bridgehead atoms. The van der Waals surface area contributed by atoms with Crippen molar-refractivity contribution in [1.29, 1.82) is 0 Å². The molecule has 6 heteroatoms. The lowest BCUT2D eigenvalue weighted by molar-refractivity contribution is -0.140. The highest BCUT2D eigenvalue weighted by atomic mass is 35.5. The van der Waals surface area contributed by atoms with Gasteiger partial charge in [-0.25, -0.2) is 0 Å². The van der Waals surface area contributed by atoms with Gasteiger partial charge in [0.05, 0.1) is 0 Å². The molecule has 2 atom stereocenters. The molecule has 0 fully saturated rings. The Labute approximate surface area is 195 Å². The third-order valence-corrected chi connectivity index (χ3v) is 6.74. The molecule has 0 aliphatic carbocycles. The number of aryl methyl sites for hydroxylation is 1. The van der Waals surface area contributed by atoms with Crippen LogP contribution in [0.4, 0.5) is 0 Å². The van der Waals surface area contributed by atoms with E-state index in [-0.39, 0.29) is 17.9 Å². The Hall–Kier alpha value is -1.98. The summed E-state index contributed by atoms with van der Waals surface area (Å²) in [7, 11) is 0. The van der Waals surface area contributed by atoms with Gasteiger partial charge in [0, 0.05) is 28.9 Å². The summed E-state index contributed by atoms with van der Waals surface area (Å²) in [6.07, 6.45) is 2.01. The number of nitrogens with one attached hydrogen (secondary N) is 1. The van der Waals surface area contributed by atoms with Gasteiger partial charge in [0.1, 0.15) is 6.04 Å². The molecule has 0 heterocycles. The van der Waals surface area contributed by atoms with Crippen LogP contribution in [0.3, 0.4) is 0 Å². The maximum absolute atomic E-state index is 13.1. The molecule has 1 N–H and O–H groups in total. The van der Waals surface area contributed by atoms with E-state index in [2.05, 4.69) is 5.32 Å². The summed E-state index contributed by atoms with van der Waals surface area (Å²) in [6, 6.07) is 15.3. The van der Waals surface area contributed by atoms with Crippen molar-refractivity contribution in [3.05, 3.63) is 64.7 Å². The van der Waals surface area contributed by atoms with Crippen LogP contribution in [0.2, 0.25) is 5.02 Å². The summed E-state index contributed by atoms with van der Waals surface area (Å²) in [5, 5.41) is 3.73. The van der Waals surface area contributed by atoms with Gasteiger partial charge in [-0.2, -0.15) is 0 Å². The van der Waals surface area contributed by atoms with E-state index in [4.69, 9.17) is 11.6 Å². The van der Waals surface area contributed by atoms with Crippen molar-refractivity contribution < 1.29 is 9.59 Å². The summed E-state index contributed by atoms with van der Waals surface area (Å²) >= 11 is 7.64. The second-order valence-electron chi connectivity index (χ2n) is 7.85. The molecule has 0 saturated heterocycles. The zero-order chi connectivity index (χ0) is 22.8. The number of carbonyl (C=O) groups is 2. The van der Waals surface area contributed by atoms with Crippen LogP contribution in [0.15, 0.2) is 53.4 Å². The molecular weight excluding hydrogens is 428 g/mol. The predicted octanol–water partition coefficient (Wildman–Crippen LogP) is 5.85. The number of amides is 2.